The van der Waals surface area contributed by atoms with Gasteiger partial charge in [0.2, 0.25) is 5.91 Å². The van der Waals surface area contributed by atoms with E-state index in [1.165, 1.54) is 5.56 Å². The number of aromatic nitrogens is 2. The molecule has 1 fully saturated rings. The van der Waals surface area contributed by atoms with Gasteiger partial charge in [0.15, 0.2) is 0 Å². The Morgan fingerprint density at radius 3 is 2.44 bits per heavy atom. The molecule has 126 valence electrons. The minimum atomic E-state index is -0.229. The van der Waals surface area contributed by atoms with Crippen molar-refractivity contribution in [3.05, 3.63) is 90.0 Å². The summed E-state index contributed by atoms with van der Waals surface area (Å²) in [6.45, 7) is 0.735. The zero-order valence-electron chi connectivity index (χ0n) is 14.0. The van der Waals surface area contributed by atoms with E-state index in [0.29, 0.717) is 0 Å². The molecular weight excluding hydrogens is 310 g/mol. The summed E-state index contributed by atoms with van der Waals surface area (Å²) >= 11 is 0. The molecule has 1 saturated carbocycles. The molecule has 0 radical (unpaired) electrons. The molecule has 3 aromatic rings. The van der Waals surface area contributed by atoms with Gasteiger partial charge in [-0.1, -0.05) is 60.7 Å². The summed E-state index contributed by atoms with van der Waals surface area (Å²) in [5, 5.41) is 3.20. The zero-order valence-corrected chi connectivity index (χ0v) is 14.0. The van der Waals surface area contributed by atoms with E-state index in [1.807, 2.05) is 54.7 Å². The molecule has 0 spiro atoms. The van der Waals surface area contributed by atoms with Gasteiger partial charge in [-0.15, -0.1) is 0 Å². The van der Waals surface area contributed by atoms with Crippen molar-refractivity contribution in [2.24, 2.45) is 5.92 Å². The average Bonchev–Trinajstić information content (AvgIpc) is 3.42. The maximum Gasteiger partial charge on any atom is 0.223 e. The van der Waals surface area contributed by atoms with Crippen LogP contribution in [-0.4, -0.2) is 15.5 Å². The van der Waals surface area contributed by atoms with Crippen molar-refractivity contribution >= 4 is 5.91 Å². The number of rotatable bonds is 6. The van der Waals surface area contributed by atoms with Crippen LogP contribution in [0.2, 0.25) is 0 Å². The van der Waals surface area contributed by atoms with Crippen molar-refractivity contribution in [1.29, 1.82) is 0 Å². The molecule has 1 unspecified atom stereocenters. The van der Waals surface area contributed by atoms with Crippen LogP contribution >= 0.6 is 0 Å². The molecular formula is C21H21N3O. The van der Waals surface area contributed by atoms with Gasteiger partial charge in [-0.25, -0.2) is 4.98 Å². The number of nitrogens with one attached hydrogen (secondary N) is 1. The number of benzene rings is 2. The lowest BCUT2D eigenvalue weighted by molar-refractivity contribution is -0.122. The largest absolute Gasteiger partial charge is 0.342 e. The number of amides is 1. The van der Waals surface area contributed by atoms with Crippen molar-refractivity contribution in [3.63, 3.8) is 0 Å². The highest BCUT2D eigenvalue weighted by atomic mass is 16.2. The van der Waals surface area contributed by atoms with Crippen LogP contribution in [0.4, 0.5) is 0 Å². The lowest BCUT2D eigenvalue weighted by Gasteiger charge is -2.20. The topological polar surface area (TPSA) is 46.9 Å². The fourth-order valence-corrected chi connectivity index (χ4v) is 3.04. The maximum atomic E-state index is 12.4. The molecule has 0 saturated heterocycles. The Balaban J connectivity index is 1.65. The zero-order chi connectivity index (χ0) is 17.1. The van der Waals surface area contributed by atoms with Crippen LogP contribution in [0.15, 0.2) is 73.1 Å². The van der Waals surface area contributed by atoms with Gasteiger partial charge in [0.1, 0.15) is 11.9 Å². The van der Waals surface area contributed by atoms with Gasteiger partial charge in [0.05, 0.1) is 0 Å². The molecule has 4 rings (SSSR count). The van der Waals surface area contributed by atoms with Gasteiger partial charge in [-0.05, 0) is 24.0 Å². The van der Waals surface area contributed by atoms with E-state index in [4.69, 9.17) is 0 Å². The van der Waals surface area contributed by atoms with E-state index in [1.54, 1.807) is 6.20 Å². The fourth-order valence-electron chi connectivity index (χ4n) is 3.04. The molecule has 1 aliphatic rings. The first-order valence-corrected chi connectivity index (χ1v) is 8.71. The molecule has 0 bridgehead atoms. The predicted octanol–water partition coefficient (Wildman–Crippen LogP) is 3.55. The molecule has 2 aromatic carbocycles. The van der Waals surface area contributed by atoms with Gasteiger partial charge < -0.3 is 9.88 Å². The summed E-state index contributed by atoms with van der Waals surface area (Å²) in [7, 11) is 0. The van der Waals surface area contributed by atoms with Crippen LogP contribution in [-0.2, 0) is 11.3 Å². The summed E-state index contributed by atoms with van der Waals surface area (Å²) in [6, 6.07) is 20.1. The van der Waals surface area contributed by atoms with Crippen LogP contribution < -0.4 is 5.32 Å². The highest BCUT2D eigenvalue weighted by Crippen LogP contribution is 2.31. The van der Waals surface area contributed by atoms with Crippen LogP contribution in [0.25, 0.3) is 0 Å². The Morgan fingerprint density at radius 1 is 1.08 bits per heavy atom. The second kappa shape index (κ2) is 6.93. The van der Waals surface area contributed by atoms with E-state index in [9.17, 15) is 4.79 Å². The van der Waals surface area contributed by atoms with Crippen molar-refractivity contribution < 1.29 is 4.79 Å². The van der Waals surface area contributed by atoms with Crippen LogP contribution in [0.3, 0.4) is 0 Å². The predicted molar refractivity (Wildman–Crippen MR) is 96.9 cm³/mol. The first-order chi connectivity index (χ1) is 12.3. The number of hydrogen-bond acceptors (Lipinski definition) is 2. The monoisotopic (exact) mass is 331 g/mol. The van der Waals surface area contributed by atoms with E-state index < -0.39 is 0 Å². The third kappa shape index (κ3) is 3.63. The maximum absolute atomic E-state index is 12.4. The quantitative estimate of drug-likeness (QED) is 0.751. The molecule has 1 aromatic heterocycles. The molecule has 25 heavy (non-hydrogen) atoms. The molecule has 1 aliphatic carbocycles. The SMILES string of the molecule is O=C(NC(c1ccccc1)c1nccn1Cc1ccccc1)C1CC1. The van der Waals surface area contributed by atoms with E-state index in [-0.39, 0.29) is 17.9 Å². The van der Waals surface area contributed by atoms with Gasteiger partial charge in [0, 0.05) is 24.9 Å². The number of nitrogens with zero attached hydrogens (tertiary/aromatic N) is 2. The summed E-state index contributed by atoms with van der Waals surface area (Å²) in [6.07, 6.45) is 5.76. The van der Waals surface area contributed by atoms with Gasteiger partial charge in [0.25, 0.3) is 0 Å². The van der Waals surface area contributed by atoms with Gasteiger partial charge in [-0.2, -0.15) is 0 Å². The number of carbonyl (C=O) groups excluding carboxylic acids is 1. The molecule has 4 heteroatoms. The van der Waals surface area contributed by atoms with Crippen molar-refractivity contribution in [3.8, 4) is 0 Å². The van der Waals surface area contributed by atoms with Crippen LogP contribution in [0.5, 0.6) is 0 Å². The Bertz CT molecular complexity index is 838. The average molecular weight is 331 g/mol. The van der Waals surface area contributed by atoms with Crippen molar-refractivity contribution in [2.75, 3.05) is 0 Å². The molecule has 4 nitrogen and oxygen atoms in total. The van der Waals surface area contributed by atoms with Gasteiger partial charge >= 0.3 is 0 Å². The number of imidazole rings is 1. The number of hydrogen-bond donors (Lipinski definition) is 1. The standard InChI is InChI=1S/C21H21N3O/c25-21(18-11-12-18)23-19(17-9-5-2-6-10-17)20-22-13-14-24(20)15-16-7-3-1-4-8-16/h1-10,13-14,18-19H,11-12,15H2,(H,23,25). The third-order valence-electron chi connectivity index (χ3n) is 4.57. The summed E-state index contributed by atoms with van der Waals surface area (Å²) < 4.78 is 2.11. The molecule has 1 atom stereocenters. The normalized spacial score (nSPS) is 14.9. The summed E-state index contributed by atoms with van der Waals surface area (Å²) in [5.41, 5.74) is 2.26. The highest BCUT2D eigenvalue weighted by molar-refractivity contribution is 5.81. The van der Waals surface area contributed by atoms with Crippen molar-refractivity contribution in [1.82, 2.24) is 14.9 Å². The lowest BCUT2D eigenvalue weighted by Crippen LogP contribution is -2.32. The first-order valence-electron chi connectivity index (χ1n) is 8.71. The van der Waals surface area contributed by atoms with Crippen molar-refractivity contribution in [2.45, 2.75) is 25.4 Å². The summed E-state index contributed by atoms with van der Waals surface area (Å²) in [4.78, 5) is 17.0. The lowest BCUT2D eigenvalue weighted by atomic mass is 10.1. The Hall–Kier alpha value is -2.88. The minimum absolute atomic E-state index is 0.128. The first kappa shape index (κ1) is 15.6. The Kier molecular flexibility index (Phi) is 4.34. The van der Waals surface area contributed by atoms with E-state index in [2.05, 4.69) is 27.0 Å². The van der Waals surface area contributed by atoms with Crippen LogP contribution in [0, 0.1) is 5.92 Å². The molecule has 1 amide bonds. The van der Waals surface area contributed by atoms with E-state index >= 15 is 0 Å². The minimum Gasteiger partial charge on any atom is -0.342 e. The molecule has 1 N–H and O–H groups in total. The molecule has 1 heterocycles. The third-order valence-corrected chi connectivity index (χ3v) is 4.57. The summed E-state index contributed by atoms with van der Waals surface area (Å²) in [5.74, 6) is 1.16. The second-order valence-electron chi connectivity index (χ2n) is 6.53. The smallest absolute Gasteiger partial charge is 0.223 e. The molecule has 0 aliphatic heterocycles. The Labute approximate surface area is 147 Å². The van der Waals surface area contributed by atoms with Crippen LogP contribution in [0.1, 0.15) is 35.8 Å². The second-order valence-corrected chi connectivity index (χ2v) is 6.53. The van der Waals surface area contributed by atoms with E-state index in [0.717, 1.165) is 30.8 Å². The number of carbonyl (C=O) groups is 1. The Morgan fingerprint density at radius 2 is 1.76 bits per heavy atom. The fraction of sp³-hybridized carbons (Fsp3) is 0.238. The van der Waals surface area contributed by atoms with Gasteiger partial charge in [-0.3, -0.25) is 4.79 Å². The highest BCUT2D eigenvalue weighted by Gasteiger charge is 2.32.